The highest BCUT2D eigenvalue weighted by Gasteiger charge is 2.39. The van der Waals surface area contributed by atoms with E-state index < -0.39 is 11.7 Å². The molecule has 1 aliphatic heterocycles. The van der Waals surface area contributed by atoms with Gasteiger partial charge in [0.2, 0.25) is 0 Å². The van der Waals surface area contributed by atoms with Gasteiger partial charge in [0.15, 0.2) is 0 Å². The molecule has 1 aliphatic rings. The van der Waals surface area contributed by atoms with Gasteiger partial charge in [0, 0.05) is 13.7 Å². The van der Waals surface area contributed by atoms with Gasteiger partial charge < -0.3 is 25.2 Å². The van der Waals surface area contributed by atoms with Crippen molar-refractivity contribution in [3.63, 3.8) is 0 Å². The number of aliphatic hydroxyl groups is 1. The molecule has 1 amide bonds. The molecule has 0 spiro atoms. The Hall–Kier alpha value is -1.63. The van der Waals surface area contributed by atoms with Crippen molar-refractivity contribution < 1.29 is 19.4 Å². The van der Waals surface area contributed by atoms with Gasteiger partial charge in [-0.1, -0.05) is 12.1 Å². The summed E-state index contributed by atoms with van der Waals surface area (Å²) >= 11 is 0. The molecule has 1 fully saturated rings. The van der Waals surface area contributed by atoms with Crippen LogP contribution < -0.4 is 15.4 Å². The first-order valence-corrected chi connectivity index (χ1v) is 7.47. The minimum atomic E-state index is -0.792. The van der Waals surface area contributed by atoms with Crippen LogP contribution in [0, 0.1) is 0 Å². The molecule has 3 N–H and O–H groups in total. The maximum Gasteiger partial charge on any atom is 0.252 e. The zero-order valence-corrected chi connectivity index (χ0v) is 13.1. The van der Waals surface area contributed by atoms with Gasteiger partial charge in [0.1, 0.15) is 11.4 Å². The highest BCUT2D eigenvalue weighted by atomic mass is 16.5. The lowest BCUT2D eigenvalue weighted by atomic mass is 9.91. The summed E-state index contributed by atoms with van der Waals surface area (Å²) in [6.07, 6.45) is 0.476. The summed E-state index contributed by atoms with van der Waals surface area (Å²) in [5.74, 6) is 0.507. The maximum atomic E-state index is 12.4. The number of methoxy groups -OCH3 is 2. The Balaban J connectivity index is 1.94. The van der Waals surface area contributed by atoms with E-state index in [9.17, 15) is 9.90 Å². The van der Waals surface area contributed by atoms with E-state index in [1.54, 1.807) is 26.4 Å². The molecule has 1 saturated heterocycles. The van der Waals surface area contributed by atoms with Crippen LogP contribution in [0.25, 0.3) is 0 Å². The lowest BCUT2D eigenvalue weighted by molar-refractivity contribution is -0.147. The number of benzene rings is 1. The summed E-state index contributed by atoms with van der Waals surface area (Å²) in [7, 11) is 3.14. The van der Waals surface area contributed by atoms with Crippen molar-refractivity contribution in [2.24, 2.45) is 0 Å². The molecule has 6 heteroatoms. The third-order valence-electron chi connectivity index (χ3n) is 4.15. The van der Waals surface area contributed by atoms with Crippen molar-refractivity contribution in [1.82, 2.24) is 10.6 Å². The summed E-state index contributed by atoms with van der Waals surface area (Å²) in [4.78, 5) is 12.4. The Labute approximate surface area is 130 Å². The van der Waals surface area contributed by atoms with Crippen LogP contribution in [0.15, 0.2) is 24.3 Å². The van der Waals surface area contributed by atoms with E-state index in [1.165, 1.54) is 0 Å². The number of carbonyl (C=O) groups is 1. The number of hydrogen-bond donors (Lipinski definition) is 3. The minimum absolute atomic E-state index is 0.143. The van der Waals surface area contributed by atoms with Gasteiger partial charge in [-0.25, -0.2) is 0 Å². The van der Waals surface area contributed by atoms with Gasteiger partial charge in [-0.05, 0) is 43.6 Å². The first kappa shape index (κ1) is 16.7. The van der Waals surface area contributed by atoms with Gasteiger partial charge in [0.05, 0.1) is 13.2 Å². The molecular formula is C16H24N2O4. The highest BCUT2D eigenvalue weighted by Crippen LogP contribution is 2.23. The zero-order chi connectivity index (χ0) is 16.0. The van der Waals surface area contributed by atoms with Crippen molar-refractivity contribution in [3.8, 4) is 5.75 Å². The first-order valence-electron chi connectivity index (χ1n) is 7.47. The second-order valence-electron chi connectivity index (χ2n) is 5.45. The molecule has 1 heterocycles. The fourth-order valence-corrected chi connectivity index (χ4v) is 2.67. The molecule has 2 rings (SSSR count). The second kappa shape index (κ2) is 7.58. The van der Waals surface area contributed by atoms with Crippen molar-refractivity contribution in [3.05, 3.63) is 29.8 Å². The van der Waals surface area contributed by atoms with Gasteiger partial charge in [-0.3, -0.25) is 4.79 Å². The molecule has 6 nitrogen and oxygen atoms in total. The molecule has 0 radical (unpaired) electrons. The van der Waals surface area contributed by atoms with Crippen LogP contribution >= 0.6 is 0 Å². The molecule has 0 bridgehead atoms. The molecule has 1 aromatic rings. The molecule has 0 aliphatic carbocycles. The predicted octanol–water partition coefficient (Wildman–Crippen LogP) is 0.613. The van der Waals surface area contributed by atoms with E-state index in [4.69, 9.17) is 9.47 Å². The van der Waals surface area contributed by atoms with E-state index in [2.05, 4.69) is 10.6 Å². The summed E-state index contributed by atoms with van der Waals surface area (Å²) in [5, 5.41) is 16.2. The molecule has 122 valence electrons. The topological polar surface area (TPSA) is 79.8 Å². The number of amides is 1. The van der Waals surface area contributed by atoms with Crippen LogP contribution in [0.5, 0.6) is 5.75 Å². The van der Waals surface area contributed by atoms with E-state index >= 15 is 0 Å². The van der Waals surface area contributed by atoms with Crippen LogP contribution in [-0.4, -0.2) is 50.5 Å². The van der Waals surface area contributed by atoms with Crippen molar-refractivity contribution >= 4 is 5.91 Å². The average Bonchev–Trinajstić information content (AvgIpc) is 2.59. The first-order chi connectivity index (χ1) is 10.6. The largest absolute Gasteiger partial charge is 0.497 e. The van der Waals surface area contributed by atoms with Crippen LogP contribution in [0.3, 0.4) is 0 Å². The Morgan fingerprint density at radius 3 is 2.77 bits per heavy atom. The molecule has 1 aromatic carbocycles. The van der Waals surface area contributed by atoms with Gasteiger partial charge in [0.25, 0.3) is 5.91 Å². The maximum absolute atomic E-state index is 12.4. The molecule has 0 aromatic heterocycles. The number of nitrogens with one attached hydrogen (secondary N) is 2. The molecule has 0 saturated carbocycles. The van der Waals surface area contributed by atoms with E-state index in [0.29, 0.717) is 24.2 Å². The molecule has 1 unspecified atom stereocenters. The van der Waals surface area contributed by atoms with Crippen LogP contribution in [0.4, 0.5) is 0 Å². The van der Waals surface area contributed by atoms with Crippen LogP contribution in [0.2, 0.25) is 0 Å². The van der Waals surface area contributed by atoms with E-state index in [-0.39, 0.29) is 12.5 Å². The minimum Gasteiger partial charge on any atom is -0.497 e. The molecule has 22 heavy (non-hydrogen) atoms. The number of aliphatic hydroxyl groups excluding tert-OH is 1. The zero-order valence-electron chi connectivity index (χ0n) is 13.1. The third kappa shape index (κ3) is 3.76. The normalized spacial score (nSPS) is 18.5. The van der Waals surface area contributed by atoms with Gasteiger partial charge in [-0.15, -0.1) is 0 Å². The monoisotopic (exact) mass is 308 g/mol. The summed E-state index contributed by atoms with van der Waals surface area (Å²) in [6.45, 7) is 1.64. The average molecular weight is 308 g/mol. The van der Waals surface area contributed by atoms with Crippen molar-refractivity contribution in [2.75, 3.05) is 33.9 Å². The van der Waals surface area contributed by atoms with E-state index in [1.807, 2.05) is 12.1 Å². The van der Waals surface area contributed by atoms with Crippen LogP contribution in [0.1, 0.15) is 24.5 Å². The second-order valence-corrected chi connectivity index (χ2v) is 5.45. The Kier molecular flexibility index (Phi) is 5.76. The van der Waals surface area contributed by atoms with Gasteiger partial charge in [-0.2, -0.15) is 0 Å². The predicted molar refractivity (Wildman–Crippen MR) is 82.8 cm³/mol. The summed E-state index contributed by atoms with van der Waals surface area (Å²) in [5.41, 5.74) is -0.0873. The summed E-state index contributed by atoms with van der Waals surface area (Å²) < 4.78 is 10.6. The lowest BCUT2D eigenvalue weighted by Gasteiger charge is -2.35. The van der Waals surface area contributed by atoms with Crippen molar-refractivity contribution in [1.29, 1.82) is 0 Å². The Morgan fingerprint density at radius 1 is 1.41 bits per heavy atom. The van der Waals surface area contributed by atoms with Crippen molar-refractivity contribution in [2.45, 2.75) is 24.5 Å². The Bertz CT molecular complexity index is 501. The van der Waals surface area contributed by atoms with E-state index in [0.717, 1.165) is 13.1 Å². The number of ether oxygens (including phenoxy) is 2. The Morgan fingerprint density at radius 2 is 2.14 bits per heavy atom. The number of hydrogen-bond acceptors (Lipinski definition) is 5. The fraction of sp³-hybridized carbons (Fsp3) is 0.562. The third-order valence-corrected chi connectivity index (χ3v) is 4.15. The SMILES string of the molecule is COc1cccc(C(O)CNC(=O)C2(OC)CCNCC2)c1. The summed E-state index contributed by atoms with van der Waals surface area (Å²) in [6, 6.07) is 7.18. The number of rotatable bonds is 6. The molecule has 1 atom stereocenters. The van der Waals surface area contributed by atoms with Crippen LogP contribution in [-0.2, 0) is 9.53 Å². The van der Waals surface area contributed by atoms with Gasteiger partial charge >= 0.3 is 0 Å². The number of carbonyl (C=O) groups excluding carboxylic acids is 1. The quantitative estimate of drug-likeness (QED) is 0.718. The fourth-order valence-electron chi connectivity index (χ4n) is 2.67. The lowest BCUT2D eigenvalue weighted by Crippen LogP contribution is -2.54. The standard InChI is InChI=1S/C16H24N2O4/c1-21-13-5-3-4-12(10-13)14(19)11-18-15(20)16(22-2)6-8-17-9-7-16/h3-5,10,14,17,19H,6-9,11H2,1-2H3,(H,18,20). The smallest absolute Gasteiger partial charge is 0.252 e. The molecular weight excluding hydrogens is 284 g/mol. The highest BCUT2D eigenvalue weighted by molar-refractivity contribution is 5.85. The number of piperidine rings is 1.